The average Bonchev–Trinajstić information content (AvgIpc) is 2.60. The van der Waals surface area contributed by atoms with E-state index in [9.17, 15) is 4.79 Å². The molecule has 0 atom stereocenters. The third-order valence-electron chi connectivity index (χ3n) is 3.45. The Hall–Kier alpha value is -2.15. The van der Waals surface area contributed by atoms with Gasteiger partial charge in [-0.05, 0) is 19.1 Å². The molecule has 0 spiro atoms. The van der Waals surface area contributed by atoms with Crippen LogP contribution in [0.4, 0.5) is 5.69 Å². The summed E-state index contributed by atoms with van der Waals surface area (Å²) in [5.41, 5.74) is 8.10. The molecule has 0 radical (unpaired) electrons. The van der Waals surface area contributed by atoms with E-state index in [4.69, 9.17) is 45.3 Å². The highest BCUT2D eigenvalue weighted by molar-refractivity contribution is 6.46. The first-order valence-electron chi connectivity index (χ1n) is 7.08. The Morgan fingerprint density at radius 1 is 1.08 bits per heavy atom. The number of ether oxygens (including phenoxy) is 1. The van der Waals surface area contributed by atoms with Gasteiger partial charge in [-0.2, -0.15) is 0 Å². The van der Waals surface area contributed by atoms with E-state index >= 15 is 0 Å². The Bertz CT molecular complexity index is 995. The number of aryl methyl sites for hydroxylation is 1. The number of halogens is 3. The summed E-state index contributed by atoms with van der Waals surface area (Å²) in [7, 11) is 0. The molecule has 3 rings (SSSR count). The molecular formula is C16H11Cl3N4O2. The molecule has 0 fully saturated rings. The predicted octanol–water partition coefficient (Wildman–Crippen LogP) is 4.23. The van der Waals surface area contributed by atoms with E-state index in [0.717, 1.165) is 5.52 Å². The summed E-state index contributed by atoms with van der Waals surface area (Å²) in [6.45, 7) is 1.69. The van der Waals surface area contributed by atoms with Gasteiger partial charge in [-0.3, -0.25) is 0 Å². The molecule has 0 bridgehead atoms. The van der Waals surface area contributed by atoms with Crippen LogP contribution in [0.2, 0.25) is 15.2 Å². The fraction of sp³-hybridized carbons (Fsp3) is 0.125. The highest BCUT2D eigenvalue weighted by Crippen LogP contribution is 2.34. The van der Waals surface area contributed by atoms with E-state index in [1.54, 1.807) is 6.92 Å². The molecule has 0 aliphatic carbocycles. The number of esters is 1. The molecule has 0 amide bonds. The summed E-state index contributed by atoms with van der Waals surface area (Å²) in [6, 6.07) is 7.40. The number of nitrogens with zero attached hydrogens (tertiary/aromatic N) is 3. The van der Waals surface area contributed by atoms with E-state index in [1.165, 1.54) is 0 Å². The van der Waals surface area contributed by atoms with Gasteiger partial charge < -0.3 is 10.5 Å². The van der Waals surface area contributed by atoms with E-state index in [2.05, 4.69) is 15.0 Å². The Morgan fingerprint density at radius 3 is 2.40 bits per heavy atom. The van der Waals surface area contributed by atoms with Crippen molar-refractivity contribution in [3.63, 3.8) is 0 Å². The fourth-order valence-electron chi connectivity index (χ4n) is 2.13. The standard InChI is InChI=1S/C16H11Cl3N4O2/c1-7-10(22-9-5-3-2-4-8(9)21-7)6-25-16(24)14-11(17)13(20)12(18)15(19)23-14/h2-5H,6H2,1H3,(H2,20,23). The van der Waals surface area contributed by atoms with Gasteiger partial charge in [0.05, 0.1) is 33.1 Å². The molecule has 0 aliphatic heterocycles. The SMILES string of the molecule is Cc1nc2ccccc2nc1COC(=O)c1nc(Cl)c(Cl)c(N)c1Cl. The Balaban J connectivity index is 1.85. The molecule has 3 aromatic rings. The summed E-state index contributed by atoms with van der Waals surface area (Å²) < 4.78 is 5.23. The number of pyridine rings is 1. The monoisotopic (exact) mass is 396 g/mol. The van der Waals surface area contributed by atoms with Crippen LogP contribution in [-0.2, 0) is 11.3 Å². The average molecular weight is 398 g/mol. The predicted molar refractivity (Wildman–Crippen MR) is 97.1 cm³/mol. The van der Waals surface area contributed by atoms with Crippen molar-refractivity contribution in [3.05, 3.63) is 56.5 Å². The molecule has 0 saturated carbocycles. The second-order valence-corrected chi connectivity index (χ2v) is 6.23. The highest BCUT2D eigenvalue weighted by atomic mass is 35.5. The molecule has 128 valence electrons. The van der Waals surface area contributed by atoms with Gasteiger partial charge in [0.2, 0.25) is 0 Å². The Morgan fingerprint density at radius 2 is 1.72 bits per heavy atom. The molecule has 1 aromatic carbocycles. The second kappa shape index (κ2) is 7.00. The molecule has 6 nitrogen and oxygen atoms in total. The van der Waals surface area contributed by atoms with Crippen molar-refractivity contribution in [2.45, 2.75) is 13.5 Å². The lowest BCUT2D eigenvalue weighted by Gasteiger charge is -2.10. The van der Waals surface area contributed by atoms with Gasteiger partial charge in [-0.25, -0.2) is 19.7 Å². The smallest absolute Gasteiger partial charge is 0.359 e. The first-order chi connectivity index (χ1) is 11.9. The first kappa shape index (κ1) is 17.7. The van der Waals surface area contributed by atoms with E-state index in [0.29, 0.717) is 16.9 Å². The van der Waals surface area contributed by atoms with Gasteiger partial charge in [0, 0.05) is 0 Å². The van der Waals surface area contributed by atoms with Crippen molar-refractivity contribution in [1.82, 2.24) is 15.0 Å². The topological polar surface area (TPSA) is 91.0 Å². The van der Waals surface area contributed by atoms with Crippen molar-refractivity contribution < 1.29 is 9.53 Å². The second-order valence-electron chi connectivity index (χ2n) is 5.11. The number of carbonyl (C=O) groups excluding carboxylic acids is 1. The quantitative estimate of drug-likeness (QED) is 0.525. The normalized spacial score (nSPS) is 10.9. The van der Waals surface area contributed by atoms with Gasteiger partial charge in [0.1, 0.15) is 11.6 Å². The molecule has 25 heavy (non-hydrogen) atoms. The Kier molecular flexibility index (Phi) is 4.94. The summed E-state index contributed by atoms with van der Waals surface area (Å²) in [5.74, 6) is -0.787. The van der Waals surface area contributed by atoms with Crippen molar-refractivity contribution >= 4 is 57.5 Å². The maximum absolute atomic E-state index is 12.3. The fourth-order valence-corrected chi connectivity index (χ4v) is 2.72. The first-order valence-corrected chi connectivity index (χ1v) is 8.21. The van der Waals surface area contributed by atoms with Crippen molar-refractivity contribution in [3.8, 4) is 0 Å². The van der Waals surface area contributed by atoms with Gasteiger partial charge in [-0.1, -0.05) is 46.9 Å². The van der Waals surface area contributed by atoms with Crippen LogP contribution in [0.25, 0.3) is 11.0 Å². The minimum absolute atomic E-state index is 0.0144. The molecule has 2 heterocycles. The van der Waals surface area contributed by atoms with Crippen LogP contribution in [0.15, 0.2) is 24.3 Å². The van der Waals surface area contributed by atoms with E-state index < -0.39 is 5.97 Å². The summed E-state index contributed by atoms with van der Waals surface area (Å²) in [6.07, 6.45) is 0. The maximum atomic E-state index is 12.3. The van der Waals surface area contributed by atoms with Gasteiger partial charge in [0.15, 0.2) is 10.8 Å². The zero-order chi connectivity index (χ0) is 18.1. The summed E-state index contributed by atoms with van der Waals surface area (Å²) >= 11 is 17.7. The van der Waals surface area contributed by atoms with Crippen LogP contribution in [0.3, 0.4) is 0 Å². The van der Waals surface area contributed by atoms with Gasteiger partial charge >= 0.3 is 5.97 Å². The number of hydrogen-bond donors (Lipinski definition) is 1. The summed E-state index contributed by atoms with van der Waals surface area (Å²) in [4.78, 5) is 25.0. The zero-order valence-electron chi connectivity index (χ0n) is 12.9. The van der Waals surface area contributed by atoms with Crippen LogP contribution in [0, 0.1) is 6.92 Å². The third kappa shape index (κ3) is 3.46. The number of fused-ring (bicyclic) bond motifs is 1. The number of nitrogens with two attached hydrogens (primary N) is 1. The van der Waals surface area contributed by atoms with Crippen molar-refractivity contribution in [1.29, 1.82) is 0 Å². The molecular weight excluding hydrogens is 387 g/mol. The summed E-state index contributed by atoms with van der Waals surface area (Å²) in [5, 5.41) is -0.252. The largest absolute Gasteiger partial charge is 0.454 e. The molecule has 0 unspecified atom stereocenters. The minimum Gasteiger partial charge on any atom is -0.454 e. The number of benzene rings is 1. The number of hydrogen-bond acceptors (Lipinski definition) is 6. The molecule has 2 aromatic heterocycles. The number of para-hydroxylation sites is 2. The lowest BCUT2D eigenvalue weighted by molar-refractivity contribution is 0.0460. The van der Waals surface area contributed by atoms with Crippen LogP contribution >= 0.6 is 34.8 Å². The molecule has 0 aliphatic rings. The third-order valence-corrected chi connectivity index (χ3v) is 4.58. The zero-order valence-corrected chi connectivity index (χ0v) is 15.2. The van der Waals surface area contributed by atoms with E-state index in [1.807, 2.05) is 24.3 Å². The van der Waals surface area contributed by atoms with Crippen LogP contribution in [0.1, 0.15) is 21.9 Å². The lowest BCUT2D eigenvalue weighted by atomic mass is 10.2. The van der Waals surface area contributed by atoms with Crippen LogP contribution in [0.5, 0.6) is 0 Å². The minimum atomic E-state index is -0.787. The molecule has 9 heteroatoms. The maximum Gasteiger partial charge on any atom is 0.359 e. The van der Waals surface area contributed by atoms with Crippen LogP contribution < -0.4 is 5.73 Å². The van der Waals surface area contributed by atoms with E-state index in [-0.39, 0.29) is 33.2 Å². The number of carbonyl (C=O) groups is 1. The molecule has 0 saturated heterocycles. The molecule has 2 N–H and O–H groups in total. The number of rotatable bonds is 3. The number of aromatic nitrogens is 3. The number of nitrogen functional groups attached to an aromatic ring is 1. The highest BCUT2D eigenvalue weighted by Gasteiger charge is 2.21. The van der Waals surface area contributed by atoms with Crippen molar-refractivity contribution in [2.24, 2.45) is 0 Å². The van der Waals surface area contributed by atoms with Gasteiger partial charge in [0.25, 0.3) is 0 Å². The van der Waals surface area contributed by atoms with Crippen LogP contribution in [-0.4, -0.2) is 20.9 Å². The lowest BCUT2D eigenvalue weighted by Crippen LogP contribution is -2.12. The number of anilines is 1. The Labute approximate surface area is 157 Å². The van der Waals surface area contributed by atoms with Crippen molar-refractivity contribution in [2.75, 3.05) is 5.73 Å². The van der Waals surface area contributed by atoms with Gasteiger partial charge in [-0.15, -0.1) is 0 Å².